The van der Waals surface area contributed by atoms with E-state index in [-0.39, 0.29) is 23.7 Å². The summed E-state index contributed by atoms with van der Waals surface area (Å²) in [5.74, 6) is 0.654. The van der Waals surface area contributed by atoms with Gasteiger partial charge in [0, 0.05) is 37.5 Å². The lowest BCUT2D eigenvalue weighted by atomic mass is 9.96. The molecule has 2 saturated heterocycles. The van der Waals surface area contributed by atoms with Gasteiger partial charge in [0.25, 0.3) is 5.56 Å². The number of ether oxygens (including phenoxy) is 2. The van der Waals surface area contributed by atoms with Gasteiger partial charge in [-0.05, 0) is 68.7 Å². The molecule has 0 aliphatic carbocycles. The normalized spacial score (nSPS) is 22.3. The number of nitrogens with one attached hydrogen (secondary N) is 1. The molecule has 9 nitrogen and oxygen atoms in total. The van der Waals surface area contributed by atoms with Gasteiger partial charge < -0.3 is 24.3 Å². The van der Waals surface area contributed by atoms with Crippen LogP contribution >= 0.6 is 22.6 Å². The van der Waals surface area contributed by atoms with Gasteiger partial charge in [0.05, 0.1) is 17.5 Å². The number of fused-ring (bicyclic) bond motifs is 3. The summed E-state index contributed by atoms with van der Waals surface area (Å²) in [6, 6.07) is 1.37. The minimum absolute atomic E-state index is 0.0342. The zero-order valence-electron chi connectivity index (χ0n) is 21.9. The second kappa shape index (κ2) is 9.69. The number of rotatable bonds is 7. The standard InChI is InChI=1S/C24H38IN5O4Si/c1-24(2,3)34-23(32)26-17-12-15-8-9-18(17)30(15)22-27-20-19(21(31)28(22)4)16(25)13-29(20)14-33-10-11-35(5,6)7/h13,15,17-18H,8-12,14H2,1-7H3,(H,26,32)/t15-,17+,18+/m0/s1. The molecule has 0 unspecified atom stereocenters. The Balaban J connectivity index is 1.59. The van der Waals surface area contributed by atoms with Crippen molar-refractivity contribution in [2.45, 2.75) is 96.2 Å². The highest BCUT2D eigenvalue weighted by Crippen LogP contribution is 2.40. The number of aromatic nitrogens is 3. The quantitative estimate of drug-likeness (QED) is 0.284. The second-order valence-electron chi connectivity index (χ2n) is 12.0. The van der Waals surface area contributed by atoms with Crippen molar-refractivity contribution in [3.05, 3.63) is 20.1 Å². The Bertz CT molecular complexity index is 1170. The van der Waals surface area contributed by atoms with Crippen LogP contribution in [0.1, 0.15) is 40.0 Å². The van der Waals surface area contributed by atoms with E-state index in [9.17, 15) is 9.59 Å². The average molecular weight is 616 g/mol. The molecule has 1 N–H and O–H groups in total. The monoisotopic (exact) mass is 615 g/mol. The summed E-state index contributed by atoms with van der Waals surface area (Å²) in [6.45, 7) is 13.7. The van der Waals surface area contributed by atoms with Crippen LogP contribution < -0.4 is 15.8 Å². The molecule has 2 aliphatic rings. The maximum absolute atomic E-state index is 13.4. The molecule has 2 aliphatic heterocycles. The largest absolute Gasteiger partial charge is 0.444 e. The number of carbonyl (C=O) groups is 1. The highest BCUT2D eigenvalue weighted by molar-refractivity contribution is 14.1. The van der Waals surface area contributed by atoms with Crippen molar-refractivity contribution in [1.82, 2.24) is 19.4 Å². The molecule has 0 saturated carbocycles. The van der Waals surface area contributed by atoms with Gasteiger partial charge in [-0.3, -0.25) is 9.36 Å². The van der Waals surface area contributed by atoms with Crippen LogP contribution in [0.5, 0.6) is 0 Å². The van der Waals surface area contributed by atoms with Crippen molar-refractivity contribution in [3.8, 4) is 0 Å². The van der Waals surface area contributed by atoms with E-state index in [1.54, 1.807) is 11.6 Å². The smallest absolute Gasteiger partial charge is 0.407 e. The number of hydrogen-bond acceptors (Lipinski definition) is 6. The van der Waals surface area contributed by atoms with E-state index >= 15 is 0 Å². The summed E-state index contributed by atoms with van der Waals surface area (Å²) in [5, 5.41) is 3.68. The number of nitrogens with zero attached hydrogens (tertiary/aromatic N) is 4. The van der Waals surface area contributed by atoms with Crippen LogP contribution in [-0.2, 0) is 23.3 Å². The molecule has 11 heteroatoms. The molecule has 2 aromatic heterocycles. The van der Waals surface area contributed by atoms with E-state index in [2.05, 4.69) is 52.4 Å². The highest BCUT2D eigenvalue weighted by atomic mass is 127. The summed E-state index contributed by atoms with van der Waals surface area (Å²) in [4.78, 5) is 33.1. The molecule has 1 amide bonds. The number of hydrogen-bond donors (Lipinski definition) is 1. The zero-order chi connectivity index (χ0) is 25.7. The van der Waals surface area contributed by atoms with Crippen LogP contribution in [-0.4, -0.2) is 58.6 Å². The van der Waals surface area contributed by atoms with E-state index < -0.39 is 19.8 Å². The van der Waals surface area contributed by atoms with Gasteiger partial charge in [0.1, 0.15) is 12.3 Å². The summed E-state index contributed by atoms with van der Waals surface area (Å²) >= 11 is 2.20. The van der Waals surface area contributed by atoms with Crippen molar-refractivity contribution in [2.24, 2.45) is 7.05 Å². The van der Waals surface area contributed by atoms with Crippen LogP contribution in [0.3, 0.4) is 0 Å². The van der Waals surface area contributed by atoms with Gasteiger partial charge in [-0.1, -0.05) is 19.6 Å². The first kappa shape index (κ1) is 26.5. The van der Waals surface area contributed by atoms with E-state index in [4.69, 9.17) is 14.5 Å². The van der Waals surface area contributed by atoms with Crippen molar-refractivity contribution in [1.29, 1.82) is 0 Å². The fraction of sp³-hybridized carbons (Fsp3) is 0.708. The minimum Gasteiger partial charge on any atom is -0.444 e. The highest BCUT2D eigenvalue weighted by Gasteiger charge is 2.48. The van der Waals surface area contributed by atoms with Crippen molar-refractivity contribution < 1.29 is 14.3 Å². The van der Waals surface area contributed by atoms with E-state index in [1.807, 2.05) is 31.5 Å². The summed E-state index contributed by atoms with van der Waals surface area (Å²) in [6.07, 6.45) is 4.33. The van der Waals surface area contributed by atoms with Gasteiger partial charge in [0.15, 0.2) is 5.65 Å². The Kier molecular flexibility index (Phi) is 7.33. The van der Waals surface area contributed by atoms with Crippen molar-refractivity contribution in [2.75, 3.05) is 11.5 Å². The molecule has 2 fully saturated rings. The Morgan fingerprint density at radius 3 is 2.66 bits per heavy atom. The summed E-state index contributed by atoms with van der Waals surface area (Å²) in [7, 11) is 0.610. The van der Waals surface area contributed by atoms with Crippen LogP contribution in [0.25, 0.3) is 11.0 Å². The number of halogens is 1. The molecule has 3 atom stereocenters. The van der Waals surface area contributed by atoms with Crippen LogP contribution in [0.4, 0.5) is 10.7 Å². The number of alkyl carbamates (subject to hydrolysis) is 1. The molecule has 4 rings (SSSR count). The molecule has 0 radical (unpaired) electrons. The third kappa shape index (κ3) is 5.71. The van der Waals surface area contributed by atoms with Crippen LogP contribution in [0.15, 0.2) is 11.0 Å². The Labute approximate surface area is 221 Å². The fourth-order valence-corrected chi connectivity index (χ4v) is 6.61. The predicted molar refractivity (Wildman–Crippen MR) is 149 cm³/mol. The molecular weight excluding hydrogens is 577 g/mol. The topological polar surface area (TPSA) is 90.6 Å². The maximum Gasteiger partial charge on any atom is 0.407 e. The lowest BCUT2D eigenvalue weighted by molar-refractivity contribution is 0.0497. The van der Waals surface area contributed by atoms with Gasteiger partial charge in [0.2, 0.25) is 5.95 Å². The molecule has 4 heterocycles. The first-order valence-corrected chi connectivity index (χ1v) is 17.1. The van der Waals surface area contributed by atoms with Gasteiger partial charge in [-0.15, -0.1) is 0 Å². The zero-order valence-corrected chi connectivity index (χ0v) is 25.0. The second-order valence-corrected chi connectivity index (χ2v) is 18.7. The first-order chi connectivity index (χ1) is 16.2. The summed E-state index contributed by atoms with van der Waals surface area (Å²) in [5.41, 5.74) is 0.0547. The summed E-state index contributed by atoms with van der Waals surface area (Å²) < 4.78 is 15.9. The van der Waals surface area contributed by atoms with Crippen molar-refractivity contribution in [3.63, 3.8) is 0 Å². The van der Waals surface area contributed by atoms with E-state index in [0.717, 1.165) is 28.9 Å². The number of anilines is 1. The molecule has 0 spiro atoms. The van der Waals surface area contributed by atoms with Crippen LogP contribution in [0, 0.1) is 3.57 Å². The Hall–Kier alpha value is -1.60. The van der Waals surface area contributed by atoms with E-state index in [1.165, 1.54) is 0 Å². The van der Waals surface area contributed by atoms with Gasteiger partial charge in [-0.25, -0.2) is 4.79 Å². The number of carbonyl (C=O) groups excluding carboxylic acids is 1. The maximum atomic E-state index is 13.4. The predicted octanol–water partition coefficient (Wildman–Crippen LogP) is 4.29. The van der Waals surface area contributed by atoms with Crippen molar-refractivity contribution >= 4 is 53.7 Å². The average Bonchev–Trinajstić information content (AvgIpc) is 3.36. The van der Waals surface area contributed by atoms with E-state index in [0.29, 0.717) is 30.3 Å². The number of amides is 1. The lowest BCUT2D eigenvalue weighted by Crippen LogP contribution is -2.46. The molecule has 2 aromatic rings. The third-order valence-corrected chi connectivity index (χ3v) is 9.25. The Morgan fingerprint density at radius 2 is 2.00 bits per heavy atom. The lowest BCUT2D eigenvalue weighted by Gasteiger charge is -2.28. The molecule has 0 aromatic carbocycles. The SMILES string of the molecule is Cn1c(N2[C@H]3CC[C@@H]2[C@H](NC(=O)OC(C)(C)C)C3)nc2c(c(I)cn2COCC[Si](C)(C)C)c1=O. The fourth-order valence-electron chi connectivity index (χ4n) is 5.04. The van der Waals surface area contributed by atoms with Crippen LogP contribution in [0.2, 0.25) is 25.7 Å². The van der Waals surface area contributed by atoms with Gasteiger partial charge in [-0.2, -0.15) is 4.98 Å². The molecular formula is C24H38IN5O4Si. The Morgan fingerprint density at radius 1 is 1.29 bits per heavy atom. The molecule has 194 valence electrons. The molecule has 35 heavy (non-hydrogen) atoms. The van der Waals surface area contributed by atoms with Gasteiger partial charge >= 0.3 is 6.09 Å². The third-order valence-electron chi connectivity index (χ3n) is 6.72. The first-order valence-electron chi connectivity index (χ1n) is 12.4. The molecule has 2 bridgehead atoms. The minimum atomic E-state index is -1.18.